The van der Waals surface area contributed by atoms with Gasteiger partial charge in [-0.05, 0) is 68.4 Å². The Morgan fingerprint density at radius 3 is 2.55 bits per heavy atom. The van der Waals surface area contributed by atoms with Crippen LogP contribution in [0.2, 0.25) is 0 Å². The molecular formula is C21H22F3NO3S. The Bertz CT molecular complexity index is 1000. The lowest BCUT2D eigenvalue weighted by Crippen LogP contribution is -2.42. The van der Waals surface area contributed by atoms with Crippen LogP contribution in [0.15, 0.2) is 47.5 Å². The third-order valence-corrected chi connectivity index (χ3v) is 8.42. The molecular weight excluding hydrogens is 403 g/mol. The molecule has 1 aromatic heterocycles. The summed E-state index contributed by atoms with van der Waals surface area (Å²) >= 11 is 0. The summed E-state index contributed by atoms with van der Waals surface area (Å²) in [5.74, 6) is 0.565. The molecule has 1 aromatic carbocycles. The molecule has 2 fully saturated rings. The molecule has 1 saturated carbocycles. The van der Waals surface area contributed by atoms with Crippen LogP contribution in [-0.4, -0.2) is 24.8 Å². The standard InChI is InChI=1S/C21H22F3NO3S/c1-20(29(26,27)17-4-2-3-16(11-17)21(22,23)24)9-10-28-19(12-20)18-8-7-15(13-25-18)14-5-6-14/h2-4,7-8,11,13-14,19H,5-6,9-10,12H2,1H3. The summed E-state index contributed by atoms with van der Waals surface area (Å²) in [6.45, 7) is 1.78. The highest BCUT2D eigenvalue weighted by atomic mass is 32.2. The summed E-state index contributed by atoms with van der Waals surface area (Å²) in [7, 11) is -4.00. The minimum Gasteiger partial charge on any atom is -0.372 e. The van der Waals surface area contributed by atoms with E-state index in [9.17, 15) is 21.6 Å². The smallest absolute Gasteiger partial charge is 0.372 e. The first kappa shape index (κ1) is 20.3. The molecule has 4 nitrogen and oxygen atoms in total. The van der Waals surface area contributed by atoms with Crippen molar-refractivity contribution in [2.75, 3.05) is 6.61 Å². The number of benzene rings is 1. The molecule has 2 aromatic rings. The molecule has 2 atom stereocenters. The van der Waals surface area contributed by atoms with Gasteiger partial charge in [0.15, 0.2) is 9.84 Å². The van der Waals surface area contributed by atoms with Gasteiger partial charge < -0.3 is 4.74 Å². The van der Waals surface area contributed by atoms with Gasteiger partial charge in [0.05, 0.1) is 20.9 Å². The fourth-order valence-electron chi connectivity index (χ4n) is 3.79. The minimum absolute atomic E-state index is 0.140. The van der Waals surface area contributed by atoms with Crippen molar-refractivity contribution in [1.29, 1.82) is 0 Å². The Kier molecular flexibility index (Phi) is 4.98. The predicted octanol–water partition coefficient (Wildman–Crippen LogP) is 5.06. The molecule has 156 valence electrons. The van der Waals surface area contributed by atoms with Gasteiger partial charge in [-0.15, -0.1) is 0 Å². The highest BCUT2D eigenvalue weighted by Crippen LogP contribution is 2.43. The molecule has 0 bridgehead atoms. The molecule has 4 rings (SSSR count). The van der Waals surface area contributed by atoms with Crippen molar-refractivity contribution in [3.63, 3.8) is 0 Å². The van der Waals surface area contributed by atoms with Crippen molar-refractivity contribution in [2.45, 2.75) is 60.4 Å². The van der Waals surface area contributed by atoms with Crippen LogP contribution in [0.3, 0.4) is 0 Å². The van der Waals surface area contributed by atoms with Gasteiger partial charge in [0.2, 0.25) is 0 Å². The van der Waals surface area contributed by atoms with Crippen LogP contribution in [0.1, 0.15) is 61.4 Å². The average molecular weight is 425 g/mol. The van der Waals surface area contributed by atoms with Crippen LogP contribution in [-0.2, 0) is 20.8 Å². The fraction of sp³-hybridized carbons (Fsp3) is 0.476. The van der Waals surface area contributed by atoms with Crippen LogP contribution in [0.25, 0.3) is 0 Å². The molecule has 1 aliphatic carbocycles. The summed E-state index contributed by atoms with van der Waals surface area (Å²) < 4.78 is 70.2. The third-order valence-electron chi connectivity index (χ3n) is 5.88. The number of sulfone groups is 1. The number of halogens is 3. The summed E-state index contributed by atoms with van der Waals surface area (Å²) in [5.41, 5.74) is 0.853. The third kappa shape index (κ3) is 3.92. The zero-order chi connectivity index (χ0) is 20.9. The van der Waals surface area contributed by atoms with E-state index >= 15 is 0 Å². The maximum Gasteiger partial charge on any atom is 0.416 e. The first-order valence-corrected chi connectivity index (χ1v) is 11.1. The van der Waals surface area contributed by atoms with E-state index in [1.54, 1.807) is 6.92 Å². The Balaban J connectivity index is 1.61. The molecule has 29 heavy (non-hydrogen) atoms. The van der Waals surface area contributed by atoms with Crippen LogP contribution < -0.4 is 0 Å². The second-order valence-corrected chi connectivity index (χ2v) is 10.5. The zero-order valence-corrected chi connectivity index (χ0v) is 16.8. The molecule has 2 heterocycles. The molecule has 2 aliphatic rings. The molecule has 1 saturated heterocycles. The average Bonchev–Trinajstić information content (AvgIpc) is 3.53. The fourth-order valence-corrected chi connectivity index (χ4v) is 5.63. The number of nitrogens with zero attached hydrogens (tertiary/aromatic N) is 1. The van der Waals surface area contributed by atoms with Crippen molar-refractivity contribution >= 4 is 9.84 Å². The van der Waals surface area contributed by atoms with Gasteiger partial charge >= 0.3 is 6.18 Å². The lowest BCUT2D eigenvalue weighted by molar-refractivity contribution is -0.137. The van der Waals surface area contributed by atoms with Crippen LogP contribution in [0.5, 0.6) is 0 Å². The monoisotopic (exact) mass is 425 g/mol. The van der Waals surface area contributed by atoms with E-state index in [4.69, 9.17) is 4.74 Å². The van der Waals surface area contributed by atoms with E-state index in [2.05, 4.69) is 4.98 Å². The van der Waals surface area contributed by atoms with Crippen molar-refractivity contribution in [3.05, 3.63) is 59.4 Å². The maximum atomic E-state index is 13.3. The van der Waals surface area contributed by atoms with Crippen LogP contribution in [0.4, 0.5) is 13.2 Å². The van der Waals surface area contributed by atoms with Gasteiger partial charge in [-0.25, -0.2) is 8.42 Å². The van der Waals surface area contributed by atoms with E-state index < -0.39 is 32.4 Å². The number of hydrogen-bond acceptors (Lipinski definition) is 4. The van der Waals surface area contributed by atoms with Gasteiger partial charge in [0.25, 0.3) is 0 Å². The Hall–Kier alpha value is -1.93. The maximum absolute atomic E-state index is 13.3. The molecule has 2 unspecified atom stereocenters. The van der Waals surface area contributed by atoms with E-state index in [-0.39, 0.29) is 24.3 Å². The summed E-state index contributed by atoms with van der Waals surface area (Å²) in [4.78, 5) is 4.15. The number of aromatic nitrogens is 1. The van der Waals surface area contributed by atoms with Gasteiger partial charge in [0.1, 0.15) is 6.10 Å². The number of rotatable bonds is 4. The van der Waals surface area contributed by atoms with Gasteiger partial charge in [-0.2, -0.15) is 13.2 Å². The van der Waals surface area contributed by atoms with Gasteiger partial charge in [0, 0.05) is 12.8 Å². The molecule has 0 radical (unpaired) electrons. The second-order valence-electron chi connectivity index (χ2n) is 8.08. The number of alkyl halides is 3. The zero-order valence-electron chi connectivity index (χ0n) is 15.9. The van der Waals surface area contributed by atoms with E-state index in [0.717, 1.165) is 25.0 Å². The molecule has 8 heteroatoms. The summed E-state index contributed by atoms with van der Waals surface area (Å²) in [6.07, 6.45) is -0.629. The lowest BCUT2D eigenvalue weighted by Gasteiger charge is -2.37. The normalized spacial score (nSPS) is 25.7. The first-order chi connectivity index (χ1) is 13.6. The van der Waals surface area contributed by atoms with Crippen molar-refractivity contribution in [2.24, 2.45) is 0 Å². The summed E-state index contributed by atoms with van der Waals surface area (Å²) in [6, 6.07) is 7.81. The van der Waals surface area contributed by atoms with Gasteiger partial charge in [-0.3, -0.25) is 4.98 Å². The lowest BCUT2D eigenvalue weighted by atomic mass is 9.94. The van der Waals surface area contributed by atoms with Crippen LogP contribution >= 0.6 is 0 Å². The Labute approximate surface area is 168 Å². The quantitative estimate of drug-likeness (QED) is 0.687. The number of ether oxygens (including phenoxy) is 1. The van der Waals surface area contributed by atoms with Gasteiger partial charge in [-0.1, -0.05) is 12.1 Å². The highest BCUT2D eigenvalue weighted by molar-refractivity contribution is 7.92. The molecule has 0 amide bonds. The molecule has 0 N–H and O–H groups in total. The number of pyridine rings is 1. The molecule has 1 aliphatic heterocycles. The first-order valence-electron chi connectivity index (χ1n) is 9.59. The van der Waals surface area contributed by atoms with E-state index in [1.807, 2.05) is 18.3 Å². The summed E-state index contributed by atoms with van der Waals surface area (Å²) in [5, 5.41) is 0. The predicted molar refractivity (Wildman–Crippen MR) is 101 cm³/mol. The topological polar surface area (TPSA) is 56.3 Å². The Morgan fingerprint density at radius 2 is 1.93 bits per heavy atom. The van der Waals surface area contributed by atoms with Crippen molar-refractivity contribution in [3.8, 4) is 0 Å². The van der Waals surface area contributed by atoms with Crippen molar-refractivity contribution in [1.82, 2.24) is 4.98 Å². The largest absolute Gasteiger partial charge is 0.416 e. The van der Waals surface area contributed by atoms with E-state index in [0.29, 0.717) is 17.7 Å². The van der Waals surface area contributed by atoms with E-state index in [1.165, 1.54) is 11.6 Å². The highest BCUT2D eigenvalue weighted by Gasteiger charge is 2.46. The molecule has 0 spiro atoms. The Morgan fingerprint density at radius 1 is 1.17 bits per heavy atom. The minimum atomic E-state index is -4.60. The van der Waals surface area contributed by atoms with Crippen LogP contribution in [0, 0.1) is 0 Å². The number of hydrogen-bond donors (Lipinski definition) is 0. The SMILES string of the molecule is CC1(S(=O)(=O)c2cccc(C(F)(F)F)c2)CCOC(c2ccc(C3CC3)cn2)C1. The second kappa shape index (κ2) is 7.09. The van der Waals surface area contributed by atoms with Crippen molar-refractivity contribution < 1.29 is 26.3 Å².